The molecule has 188 valence electrons. The maximum atomic E-state index is 12.9. The second-order valence-electron chi connectivity index (χ2n) is 8.73. The van der Waals surface area contributed by atoms with Gasteiger partial charge in [-0.25, -0.2) is 9.59 Å². The topological polar surface area (TPSA) is 160 Å². The molecule has 0 spiro atoms. The molecule has 0 radical (unpaired) electrons. The molecule has 2 aliphatic rings. The first-order valence-corrected chi connectivity index (χ1v) is 13.3. The van der Waals surface area contributed by atoms with Crippen LogP contribution in [0.4, 0.5) is 0 Å². The molecule has 4 unspecified atom stereocenters. The highest BCUT2D eigenvalue weighted by Crippen LogP contribution is 2.49. The highest BCUT2D eigenvalue weighted by atomic mass is 31.2. The summed E-state index contributed by atoms with van der Waals surface area (Å²) in [5.41, 5.74) is 0. The van der Waals surface area contributed by atoms with Crippen LogP contribution in [-0.2, 0) is 33.0 Å². The van der Waals surface area contributed by atoms with Gasteiger partial charge >= 0.3 is 19.5 Å². The molecule has 2 rings (SSSR count). The normalized spacial score (nSPS) is 22.8. The van der Waals surface area contributed by atoms with Gasteiger partial charge in [0.1, 0.15) is 17.9 Å². The third kappa shape index (κ3) is 8.17. The van der Waals surface area contributed by atoms with E-state index in [1.807, 2.05) is 6.92 Å². The molecule has 5 atom stereocenters. The summed E-state index contributed by atoms with van der Waals surface area (Å²) in [5, 5.41) is 8.00. The van der Waals surface area contributed by atoms with Gasteiger partial charge in [0.25, 0.3) is 0 Å². The Morgan fingerprint density at radius 2 is 1.82 bits per heavy atom. The molecule has 0 aromatic rings. The van der Waals surface area contributed by atoms with Gasteiger partial charge in [-0.1, -0.05) is 26.2 Å². The van der Waals surface area contributed by atoms with Crippen molar-refractivity contribution in [3.8, 4) is 0 Å². The summed E-state index contributed by atoms with van der Waals surface area (Å²) in [4.78, 5) is 59.4. The third-order valence-electron chi connectivity index (χ3n) is 5.95. The molecule has 12 heteroatoms. The third-order valence-corrected chi connectivity index (χ3v) is 7.74. The van der Waals surface area contributed by atoms with Crippen molar-refractivity contribution in [1.29, 1.82) is 0 Å². The van der Waals surface area contributed by atoms with E-state index in [0.29, 0.717) is 25.8 Å². The monoisotopic (exact) mass is 489 g/mol. The van der Waals surface area contributed by atoms with Crippen LogP contribution in [0.1, 0.15) is 72.1 Å². The van der Waals surface area contributed by atoms with E-state index in [0.717, 1.165) is 25.7 Å². The largest absolute Gasteiger partial charge is 0.390 e. The van der Waals surface area contributed by atoms with Gasteiger partial charge < -0.3 is 25.6 Å². The molecule has 4 N–H and O–H groups in total. The van der Waals surface area contributed by atoms with Crippen LogP contribution in [0, 0.1) is 5.92 Å². The summed E-state index contributed by atoms with van der Waals surface area (Å²) in [6.07, 6.45) is 3.72. The number of hydrogen-bond donors (Lipinski definition) is 4. The Hall–Kier alpha value is -1.81. The summed E-state index contributed by atoms with van der Waals surface area (Å²) >= 11 is 0. The van der Waals surface area contributed by atoms with Crippen LogP contribution >= 0.6 is 7.60 Å². The zero-order valence-electron chi connectivity index (χ0n) is 19.5. The maximum Gasteiger partial charge on any atom is 0.351 e. The Morgan fingerprint density at radius 3 is 2.36 bits per heavy atom. The number of hydrogen-bond acceptors (Lipinski definition) is 8. The Labute approximate surface area is 194 Å². The van der Waals surface area contributed by atoms with E-state index in [9.17, 15) is 28.6 Å². The van der Waals surface area contributed by atoms with Gasteiger partial charge in [0.2, 0.25) is 11.8 Å². The number of carbonyl (C=O) groups is 4. The van der Waals surface area contributed by atoms with Gasteiger partial charge in [0.05, 0.1) is 0 Å². The van der Waals surface area contributed by atoms with Crippen LogP contribution in [0.2, 0.25) is 0 Å². The predicted octanol–water partition coefficient (Wildman–Crippen LogP) is 1.34. The lowest BCUT2D eigenvalue weighted by Gasteiger charge is -2.28. The second kappa shape index (κ2) is 12.6. The van der Waals surface area contributed by atoms with Gasteiger partial charge in [0, 0.05) is 5.92 Å². The van der Waals surface area contributed by atoms with Crippen molar-refractivity contribution in [2.24, 2.45) is 5.92 Å². The van der Waals surface area contributed by atoms with Crippen molar-refractivity contribution < 1.29 is 37.9 Å². The Balaban J connectivity index is 1.94. The lowest BCUT2D eigenvalue weighted by molar-refractivity contribution is -0.165. The van der Waals surface area contributed by atoms with E-state index in [1.54, 1.807) is 0 Å². The first kappa shape index (κ1) is 27.4. The molecule has 1 saturated carbocycles. The predicted molar refractivity (Wildman–Crippen MR) is 119 cm³/mol. The van der Waals surface area contributed by atoms with E-state index in [2.05, 4.69) is 16.0 Å². The fourth-order valence-corrected chi connectivity index (χ4v) is 5.04. The molecule has 0 aromatic heterocycles. The van der Waals surface area contributed by atoms with Crippen LogP contribution in [0.5, 0.6) is 0 Å². The number of ether oxygens (including phenoxy) is 1. The number of carbonyl (C=O) groups excluding carboxylic acids is 4. The SMILES string of the molecule is CCCCC(NC(=O)C(C)NC(=O)C1CCC1)P(=O)(O)OC(C)C(=O)OC(=O)[C@@H]1CCCN1. The first-order chi connectivity index (χ1) is 15.5. The molecule has 0 aromatic carbocycles. The Morgan fingerprint density at radius 1 is 1.12 bits per heavy atom. The molecule has 2 fully saturated rings. The van der Waals surface area contributed by atoms with Crippen molar-refractivity contribution in [2.45, 2.75) is 96.1 Å². The van der Waals surface area contributed by atoms with Gasteiger partial charge in [0.15, 0.2) is 6.10 Å². The standard InChI is InChI=1S/C21H36N3O8P/c1-4-5-11-17(24-18(25)13(2)23-19(26)15-8-6-9-15)33(29,30)32-14(3)20(27)31-21(28)16-10-7-12-22-16/h13-17,22H,4-12H2,1-3H3,(H,23,26)(H,24,25)(H,29,30)/t13?,14?,16-,17?/m0/s1. The fourth-order valence-electron chi connectivity index (χ4n) is 3.55. The number of rotatable bonds is 12. The molecule has 0 bridgehead atoms. The van der Waals surface area contributed by atoms with Crippen molar-refractivity contribution >= 4 is 31.3 Å². The minimum atomic E-state index is -4.52. The Bertz CT molecular complexity index is 767. The van der Waals surface area contributed by atoms with Gasteiger partial charge in [-0.05, 0) is 52.5 Å². The van der Waals surface area contributed by atoms with Crippen LogP contribution in [0.15, 0.2) is 0 Å². The molecule has 2 amide bonds. The lowest BCUT2D eigenvalue weighted by Crippen LogP contribution is -2.50. The number of unbranched alkanes of at least 4 members (excludes halogenated alkanes) is 1. The van der Waals surface area contributed by atoms with Crippen LogP contribution < -0.4 is 16.0 Å². The maximum absolute atomic E-state index is 12.9. The highest BCUT2D eigenvalue weighted by Gasteiger charge is 2.39. The lowest BCUT2D eigenvalue weighted by atomic mass is 9.84. The van der Waals surface area contributed by atoms with Crippen molar-refractivity contribution in [2.75, 3.05) is 6.54 Å². The number of amides is 2. The average molecular weight is 490 g/mol. The summed E-state index contributed by atoms with van der Waals surface area (Å²) in [5.74, 6) is -4.06. The quantitative estimate of drug-likeness (QED) is 0.180. The minimum absolute atomic E-state index is 0.0996. The van der Waals surface area contributed by atoms with Crippen LogP contribution in [-0.4, -0.2) is 59.2 Å². The van der Waals surface area contributed by atoms with Gasteiger partial charge in [-0.2, -0.15) is 0 Å². The van der Waals surface area contributed by atoms with E-state index in [-0.39, 0.29) is 18.2 Å². The van der Waals surface area contributed by atoms with Crippen molar-refractivity contribution in [1.82, 2.24) is 16.0 Å². The second-order valence-corrected chi connectivity index (χ2v) is 10.7. The van der Waals surface area contributed by atoms with E-state index in [4.69, 9.17) is 9.26 Å². The molecule has 1 heterocycles. The van der Waals surface area contributed by atoms with Crippen molar-refractivity contribution in [3.63, 3.8) is 0 Å². The molecule has 11 nitrogen and oxygen atoms in total. The summed E-state index contributed by atoms with van der Waals surface area (Å²) in [6.45, 7) is 5.23. The fraction of sp³-hybridized carbons (Fsp3) is 0.810. The number of esters is 2. The molecular formula is C21H36N3O8P. The zero-order chi connectivity index (χ0) is 24.6. The number of nitrogens with one attached hydrogen (secondary N) is 3. The van der Waals surface area contributed by atoms with E-state index >= 15 is 0 Å². The molecule has 1 aliphatic heterocycles. The van der Waals surface area contributed by atoms with Gasteiger partial charge in [-0.3, -0.25) is 18.7 Å². The molecule has 33 heavy (non-hydrogen) atoms. The van der Waals surface area contributed by atoms with Crippen molar-refractivity contribution in [3.05, 3.63) is 0 Å². The molecular weight excluding hydrogens is 453 g/mol. The zero-order valence-corrected chi connectivity index (χ0v) is 20.4. The molecule has 1 saturated heterocycles. The molecule has 1 aliphatic carbocycles. The first-order valence-electron chi connectivity index (χ1n) is 11.7. The minimum Gasteiger partial charge on any atom is -0.390 e. The smallest absolute Gasteiger partial charge is 0.351 e. The summed E-state index contributed by atoms with van der Waals surface area (Å²) in [7, 11) is -4.52. The van der Waals surface area contributed by atoms with Crippen LogP contribution in [0.3, 0.4) is 0 Å². The average Bonchev–Trinajstić information content (AvgIpc) is 3.23. The van der Waals surface area contributed by atoms with E-state index < -0.39 is 49.4 Å². The summed E-state index contributed by atoms with van der Waals surface area (Å²) < 4.78 is 22.8. The summed E-state index contributed by atoms with van der Waals surface area (Å²) in [6, 6.07) is -1.49. The Kier molecular flexibility index (Phi) is 10.5. The van der Waals surface area contributed by atoms with E-state index in [1.165, 1.54) is 13.8 Å². The van der Waals surface area contributed by atoms with Crippen LogP contribution in [0.25, 0.3) is 0 Å². The van der Waals surface area contributed by atoms with Gasteiger partial charge in [-0.15, -0.1) is 0 Å². The highest BCUT2D eigenvalue weighted by molar-refractivity contribution is 7.53.